The van der Waals surface area contributed by atoms with Gasteiger partial charge < -0.3 is 34.5 Å². The Hall–Kier alpha value is -3.30. The van der Waals surface area contributed by atoms with Gasteiger partial charge in [0, 0.05) is 35.9 Å². The number of aromatic amines is 1. The third-order valence-electron chi connectivity index (χ3n) is 5.24. The van der Waals surface area contributed by atoms with Crippen molar-refractivity contribution in [1.82, 2.24) is 9.88 Å². The highest BCUT2D eigenvalue weighted by atomic mass is 32.1. The molecule has 1 aliphatic heterocycles. The van der Waals surface area contributed by atoms with Gasteiger partial charge in [0.15, 0.2) is 16.6 Å². The van der Waals surface area contributed by atoms with Crippen LogP contribution in [-0.2, 0) is 6.54 Å². The lowest BCUT2D eigenvalue weighted by molar-refractivity contribution is 0.172. The Kier molecular flexibility index (Phi) is 7.31. The molecule has 2 aromatic carbocycles. The molecule has 1 aliphatic rings. The van der Waals surface area contributed by atoms with Crippen molar-refractivity contribution >= 4 is 33.9 Å². The summed E-state index contributed by atoms with van der Waals surface area (Å²) >= 11 is 5.63. The molecule has 4 rings (SSSR count). The maximum absolute atomic E-state index is 12.8. The summed E-state index contributed by atoms with van der Waals surface area (Å²) in [5.74, 6) is 2.07. The smallest absolute Gasteiger partial charge is 0.253 e. The van der Waals surface area contributed by atoms with Crippen LogP contribution in [0.4, 0.5) is 5.69 Å². The van der Waals surface area contributed by atoms with E-state index in [1.54, 1.807) is 6.07 Å². The molecule has 0 saturated carbocycles. The molecule has 0 amide bonds. The van der Waals surface area contributed by atoms with Gasteiger partial charge in [-0.1, -0.05) is 0 Å². The minimum Gasteiger partial charge on any atom is -0.494 e. The number of nitrogens with zero attached hydrogens (tertiary/aromatic N) is 1. The molecule has 0 bridgehead atoms. The number of aromatic nitrogens is 1. The Morgan fingerprint density at radius 1 is 1.18 bits per heavy atom. The van der Waals surface area contributed by atoms with Crippen LogP contribution in [0.25, 0.3) is 10.9 Å². The van der Waals surface area contributed by atoms with Crippen molar-refractivity contribution < 1.29 is 19.3 Å². The number of H-pyrrole nitrogens is 1. The maximum Gasteiger partial charge on any atom is 0.253 e. The van der Waals surface area contributed by atoms with Crippen molar-refractivity contribution in [1.29, 1.82) is 0 Å². The summed E-state index contributed by atoms with van der Waals surface area (Å²) in [5, 5.41) is 13.9. The maximum atomic E-state index is 12.8. The van der Waals surface area contributed by atoms with Gasteiger partial charge in [0.05, 0.1) is 18.7 Å². The molecule has 33 heavy (non-hydrogen) atoms. The summed E-state index contributed by atoms with van der Waals surface area (Å²) in [6.45, 7) is 4.33. The van der Waals surface area contributed by atoms with Crippen molar-refractivity contribution in [2.75, 3.05) is 38.3 Å². The van der Waals surface area contributed by atoms with Crippen LogP contribution in [0.3, 0.4) is 0 Å². The minimum atomic E-state index is -0.197. The number of nitrogens with one attached hydrogen (secondary N) is 2. The molecule has 3 aromatic rings. The fourth-order valence-corrected chi connectivity index (χ4v) is 3.90. The second-order valence-corrected chi connectivity index (χ2v) is 7.98. The summed E-state index contributed by atoms with van der Waals surface area (Å²) in [6.07, 6.45) is 0.523. The summed E-state index contributed by atoms with van der Waals surface area (Å²) < 4.78 is 16.8. The highest BCUT2D eigenvalue weighted by Crippen LogP contribution is 2.33. The van der Waals surface area contributed by atoms with Crippen LogP contribution in [0.15, 0.2) is 47.3 Å². The largest absolute Gasteiger partial charge is 0.494 e. The SMILES string of the molecule is CCOc1ccc(NC(=S)N(CCCO)Cc2cc3cc4c(cc3[nH]c2=O)OCCO4)cc1. The first-order valence-electron chi connectivity index (χ1n) is 10.9. The number of anilines is 1. The number of fused-ring (bicyclic) bond motifs is 2. The fraction of sp³-hybridized carbons (Fsp3) is 0.333. The van der Waals surface area contributed by atoms with Crippen LogP contribution in [-0.4, -0.2) is 53.1 Å². The van der Waals surface area contributed by atoms with Crippen LogP contribution in [0, 0.1) is 0 Å². The van der Waals surface area contributed by atoms with Crippen LogP contribution in [0.5, 0.6) is 17.2 Å². The highest BCUT2D eigenvalue weighted by Gasteiger charge is 2.17. The summed E-state index contributed by atoms with van der Waals surface area (Å²) in [5.41, 5.74) is 1.86. The lowest BCUT2D eigenvalue weighted by atomic mass is 10.1. The van der Waals surface area contributed by atoms with Crippen LogP contribution in [0.2, 0.25) is 0 Å². The Bertz CT molecular complexity index is 1180. The zero-order valence-corrected chi connectivity index (χ0v) is 19.2. The summed E-state index contributed by atoms with van der Waals surface area (Å²) in [7, 11) is 0. The van der Waals surface area contributed by atoms with Crippen molar-refractivity contribution in [2.45, 2.75) is 19.9 Å². The Labute approximate surface area is 197 Å². The van der Waals surface area contributed by atoms with E-state index in [-0.39, 0.29) is 12.2 Å². The molecule has 1 aromatic heterocycles. The average Bonchev–Trinajstić information content (AvgIpc) is 2.82. The molecule has 0 saturated heterocycles. The highest BCUT2D eigenvalue weighted by molar-refractivity contribution is 7.80. The second kappa shape index (κ2) is 10.5. The van der Waals surface area contributed by atoms with E-state index in [4.69, 9.17) is 26.4 Å². The van der Waals surface area contributed by atoms with E-state index < -0.39 is 0 Å². The molecule has 2 heterocycles. The number of pyridine rings is 1. The van der Waals surface area contributed by atoms with Gasteiger partial charge in [0.1, 0.15) is 19.0 Å². The molecule has 0 fully saturated rings. The van der Waals surface area contributed by atoms with Crippen molar-refractivity contribution in [2.24, 2.45) is 0 Å². The third-order valence-corrected chi connectivity index (χ3v) is 5.60. The zero-order chi connectivity index (χ0) is 23.2. The number of rotatable bonds is 8. The molecule has 0 aliphatic carbocycles. The Balaban J connectivity index is 1.55. The normalized spacial score (nSPS) is 12.4. The van der Waals surface area contributed by atoms with Gasteiger partial charge in [-0.15, -0.1) is 0 Å². The average molecular weight is 470 g/mol. The second-order valence-electron chi connectivity index (χ2n) is 7.59. The molecular weight excluding hydrogens is 442 g/mol. The fourth-order valence-electron chi connectivity index (χ4n) is 3.63. The zero-order valence-electron chi connectivity index (χ0n) is 18.4. The first kappa shape index (κ1) is 22.9. The predicted molar refractivity (Wildman–Crippen MR) is 132 cm³/mol. The number of aliphatic hydroxyl groups is 1. The number of thiocarbonyl (C=S) groups is 1. The van der Waals surface area contributed by atoms with Crippen molar-refractivity contribution in [3.05, 3.63) is 58.4 Å². The molecule has 0 unspecified atom stereocenters. The van der Waals surface area contributed by atoms with Gasteiger partial charge in [-0.3, -0.25) is 4.79 Å². The molecule has 0 spiro atoms. The van der Waals surface area contributed by atoms with Gasteiger partial charge in [-0.2, -0.15) is 0 Å². The molecule has 9 heteroatoms. The standard InChI is InChI=1S/C24H27N3O5S/c1-2-30-19-6-4-18(5-7-19)25-24(33)27(8-3-9-28)15-17-12-16-13-21-22(32-11-10-31-21)14-20(16)26-23(17)29/h4-7,12-14,28H,2-3,8-11,15H2,1H3,(H,25,33)(H,26,29). The molecule has 3 N–H and O–H groups in total. The van der Waals surface area contributed by atoms with Gasteiger partial charge in [-0.05, 0) is 62.0 Å². The van der Waals surface area contributed by atoms with E-state index in [1.165, 1.54) is 0 Å². The van der Waals surface area contributed by atoms with E-state index in [0.717, 1.165) is 16.8 Å². The van der Waals surface area contributed by atoms with Crippen molar-refractivity contribution in [3.8, 4) is 17.2 Å². The molecule has 0 atom stereocenters. The number of aliphatic hydroxyl groups excluding tert-OH is 1. The molecule has 0 radical (unpaired) electrons. The monoisotopic (exact) mass is 469 g/mol. The van der Waals surface area contributed by atoms with E-state index in [2.05, 4.69) is 10.3 Å². The van der Waals surface area contributed by atoms with Gasteiger partial charge in [-0.25, -0.2) is 0 Å². The third kappa shape index (κ3) is 5.55. The lowest BCUT2D eigenvalue weighted by Gasteiger charge is -2.26. The number of ether oxygens (including phenoxy) is 3. The number of hydrogen-bond donors (Lipinski definition) is 3. The quantitative estimate of drug-likeness (QED) is 0.433. The Morgan fingerprint density at radius 2 is 1.91 bits per heavy atom. The van der Waals surface area contributed by atoms with Gasteiger partial charge >= 0.3 is 0 Å². The van der Waals surface area contributed by atoms with E-state index in [1.807, 2.05) is 48.2 Å². The molecule has 8 nitrogen and oxygen atoms in total. The summed E-state index contributed by atoms with van der Waals surface area (Å²) in [4.78, 5) is 17.6. The van der Waals surface area contributed by atoms with E-state index >= 15 is 0 Å². The number of benzene rings is 2. The summed E-state index contributed by atoms with van der Waals surface area (Å²) in [6, 6.07) is 13.0. The minimum absolute atomic E-state index is 0.0275. The van der Waals surface area contributed by atoms with Gasteiger partial charge in [0.2, 0.25) is 0 Å². The topological polar surface area (TPSA) is 96.1 Å². The predicted octanol–water partition coefficient (Wildman–Crippen LogP) is 3.28. The first-order valence-corrected chi connectivity index (χ1v) is 11.3. The van der Waals surface area contributed by atoms with Crippen LogP contribution < -0.4 is 25.1 Å². The molecular formula is C24H27N3O5S. The van der Waals surface area contributed by atoms with Crippen LogP contribution in [0.1, 0.15) is 18.9 Å². The van der Waals surface area contributed by atoms with E-state index in [0.29, 0.717) is 67.0 Å². The van der Waals surface area contributed by atoms with Crippen molar-refractivity contribution in [3.63, 3.8) is 0 Å². The number of hydrogen-bond acceptors (Lipinski definition) is 6. The first-order chi connectivity index (χ1) is 16.1. The van der Waals surface area contributed by atoms with Crippen LogP contribution >= 0.6 is 12.2 Å². The van der Waals surface area contributed by atoms with E-state index in [9.17, 15) is 9.90 Å². The van der Waals surface area contributed by atoms with Gasteiger partial charge in [0.25, 0.3) is 5.56 Å². The Morgan fingerprint density at radius 3 is 2.61 bits per heavy atom. The molecule has 174 valence electrons. The lowest BCUT2D eigenvalue weighted by Crippen LogP contribution is -2.37.